The normalized spacial score (nSPS) is 18.9. The summed E-state index contributed by atoms with van der Waals surface area (Å²) in [6.07, 6.45) is -1.62. The molecule has 1 aromatic carbocycles. The molecule has 0 radical (unpaired) electrons. The Balaban J connectivity index is 2.41. The Morgan fingerprint density at radius 3 is 2.29 bits per heavy atom. The van der Waals surface area contributed by atoms with E-state index in [4.69, 9.17) is 49.0 Å². The molecule has 212 valence electrons. The molecule has 10 nitrogen and oxygen atoms in total. The zero-order chi connectivity index (χ0) is 28.5. The van der Waals surface area contributed by atoms with Gasteiger partial charge in [0.1, 0.15) is 24.7 Å². The second kappa shape index (κ2) is 14.8. The molecule has 13 heteroatoms. The van der Waals surface area contributed by atoms with Crippen LogP contribution in [0.15, 0.2) is 30.3 Å². The fraction of sp³-hybridized carbons (Fsp3) is 0.600. The minimum atomic E-state index is -1.94. The SMILES string of the molecule is CCOC(=O)[C@@H]1CC(O)CN1C(=O)[C@H](C)N(C(=O)OCC(Cl)(Cl)Cl)[C@@H](CCc1ccccc1)C(=O)OCC. The Morgan fingerprint density at radius 1 is 1.08 bits per heavy atom. The lowest BCUT2D eigenvalue weighted by Crippen LogP contribution is -2.58. The van der Waals surface area contributed by atoms with E-state index < -0.39 is 58.6 Å². The summed E-state index contributed by atoms with van der Waals surface area (Å²) < 4.78 is 13.5. The molecular formula is C25H33Cl3N2O8. The third-order valence-corrected chi connectivity index (χ3v) is 6.24. The number of aliphatic hydroxyl groups excluding tert-OH is 1. The Kier molecular flexibility index (Phi) is 12.4. The van der Waals surface area contributed by atoms with Crippen molar-refractivity contribution in [3.63, 3.8) is 0 Å². The van der Waals surface area contributed by atoms with Crippen LogP contribution in [0.25, 0.3) is 0 Å². The minimum absolute atomic E-state index is 0.0235. The number of aliphatic hydroxyl groups is 1. The minimum Gasteiger partial charge on any atom is -0.464 e. The summed E-state index contributed by atoms with van der Waals surface area (Å²) in [7, 11) is 0. The largest absolute Gasteiger partial charge is 0.464 e. The maximum absolute atomic E-state index is 13.6. The molecular weight excluding hydrogens is 563 g/mol. The van der Waals surface area contributed by atoms with Gasteiger partial charge in [-0.1, -0.05) is 65.1 Å². The summed E-state index contributed by atoms with van der Waals surface area (Å²) in [6, 6.07) is 5.62. The van der Waals surface area contributed by atoms with Crippen molar-refractivity contribution in [3.05, 3.63) is 35.9 Å². The van der Waals surface area contributed by atoms with Crippen LogP contribution in [0.3, 0.4) is 0 Å². The molecule has 0 bridgehead atoms. The summed E-state index contributed by atoms with van der Waals surface area (Å²) >= 11 is 17.2. The number of alkyl halides is 3. The van der Waals surface area contributed by atoms with Crippen molar-refractivity contribution < 1.29 is 38.5 Å². The number of nitrogens with zero attached hydrogens (tertiary/aromatic N) is 2. The lowest BCUT2D eigenvalue weighted by Gasteiger charge is -2.36. The van der Waals surface area contributed by atoms with E-state index >= 15 is 0 Å². The molecule has 38 heavy (non-hydrogen) atoms. The maximum atomic E-state index is 13.6. The summed E-state index contributed by atoms with van der Waals surface area (Å²) in [4.78, 5) is 54.6. The number of hydrogen-bond acceptors (Lipinski definition) is 8. The van der Waals surface area contributed by atoms with Crippen LogP contribution in [0.2, 0.25) is 0 Å². The number of carbonyl (C=O) groups is 4. The second-order valence-electron chi connectivity index (χ2n) is 8.69. The first kappa shape index (κ1) is 31.9. The van der Waals surface area contributed by atoms with Crippen LogP contribution in [0.4, 0.5) is 4.79 Å². The molecule has 1 aliphatic rings. The Bertz CT molecular complexity index is 960. The van der Waals surface area contributed by atoms with Gasteiger partial charge in [-0.3, -0.25) is 9.69 Å². The number of likely N-dealkylation sites (tertiary alicyclic amines) is 1. The van der Waals surface area contributed by atoms with E-state index in [0.717, 1.165) is 15.4 Å². The van der Waals surface area contributed by atoms with Crippen molar-refractivity contribution >= 4 is 58.7 Å². The predicted octanol–water partition coefficient (Wildman–Crippen LogP) is 3.27. The number of amides is 2. The van der Waals surface area contributed by atoms with Gasteiger partial charge in [0.25, 0.3) is 0 Å². The van der Waals surface area contributed by atoms with Gasteiger partial charge in [-0.15, -0.1) is 0 Å². The summed E-state index contributed by atoms with van der Waals surface area (Å²) in [5.41, 5.74) is 0.889. The number of esters is 2. The molecule has 2 rings (SSSR count). The van der Waals surface area contributed by atoms with Crippen LogP contribution >= 0.6 is 34.8 Å². The van der Waals surface area contributed by atoms with E-state index in [-0.39, 0.29) is 32.6 Å². The molecule has 1 fully saturated rings. The Morgan fingerprint density at radius 2 is 1.71 bits per heavy atom. The molecule has 1 unspecified atom stereocenters. The van der Waals surface area contributed by atoms with Gasteiger partial charge >= 0.3 is 18.0 Å². The number of hydrogen-bond donors (Lipinski definition) is 1. The van der Waals surface area contributed by atoms with Gasteiger partial charge < -0.3 is 24.2 Å². The lowest BCUT2D eigenvalue weighted by atomic mass is 10.0. The molecule has 0 saturated carbocycles. The van der Waals surface area contributed by atoms with Crippen molar-refractivity contribution in [3.8, 4) is 0 Å². The fourth-order valence-electron chi connectivity index (χ4n) is 4.21. The number of ether oxygens (including phenoxy) is 3. The molecule has 1 N–H and O–H groups in total. The average Bonchev–Trinajstić information content (AvgIpc) is 3.26. The van der Waals surface area contributed by atoms with Crippen molar-refractivity contribution in [2.45, 2.75) is 68.1 Å². The Hall–Kier alpha value is -2.27. The van der Waals surface area contributed by atoms with E-state index in [2.05, 4.69) is 0 Å². The first-order chi connectivity index (χ1) is 17.9. The van der Waals surface area contributed by atoms with Gasteiger partial charge in [0.15, 0.2) is 0 Å². The molecule has 0 aliphatic carbocycles. The van der Waals surface area contributed by atoms with E-state index in [1.807, 2.05) is 30.3 Å². The van der Waals surface area contributed by atoms with E-state index in [0.29, 0.717) is 6.42 Å². The van der Waals surface area contributed by atoms with Gasteiger partial charge in [0.2, 0.25) is 9.70 Å². The molecule has 2 amide bonds. The van der Waals surface area contributed by atoms with E-state index in [9.17, 15) is 24.3 Å². The smallest absolute Gasteiger partial charge is 0.411 e. The first-order valence-corrected chi connectivity index (χ1v) is 13.4. The number of aryl methyl sites for hydroxylation is 1. The highest BCUT2D eigenvalue weighted by atomic mass is 35.6. The first-order valence-electron chi connectivity index (χ1n) is 12.3. The van der Waals surface area contributed by atoms with E-state index in [1.54, 1.807) is 13.8 Å². The highest BCUT2D eigenvalue weighted by molar-refractivity contribution is 6.67. The zero-order valence-electron chi connectivity index (χ0n) is 21.5. The predicted molar refractivity (Wildman–Crippen MR) is 141 cm³/mol. The number of carbonyl (C=O) groups excluding carboxylic acids is 4. The van der Waals surface area contributed by atoms with Crippen molar-refractivity contribution in [2.24, 2.45) is 0 Å². The van der Waals surface area contributed by atoms with Crippen LogP contribution in [-0.4, -0.2) is 93.2 Å². The molecule has 4 atom stereocenters. The summed E-state index contributed by atoms with van der Waals surface area (Å²) in [5, 5.41) is 10.2. The topological polar surface area (TPSA) is 123 Å². The van der Waals surface area contributed by atoms with Crippen LogP contribution in [-0.2, 0) is 35.0 Å². The summed E-state index contributed by atoms with van der Waals surface area (Å²) in [5.74, 6) is -2.13. The van der Waals surface area contributed by atoms with Crippen LogP contribution in [0.5, 0.6) is 0 Å². The fourth-order valence-corrected chi connectivity index (χ4v) is 4.37. The molecule has 1 aromatic rings. The zero-order valence-corrected chi connectivity index (χ0v) is 23.7. The highest BCUT2D eigenvalue weighted by Crippen LogP contribution is 2.28. The van der Waals surface area contributed by atoms with Crippen LogP contribution in [0.1, 0.15) is 39.2 Å². The molecule has 1 saturated heterocycles. The van der Waals surface area contributed by atoms with Crippen molar-refractivity contribution in [1.29, 1.82) is 0 Å². The monoisotopic (exact) mass is 594 g/mol. The van der Waals surface area contributed by atoms with Gasteiger partial charge in [0, 0.05) is 13.0 Å². The van der Waals surface area contributed by atoms with Gasteiger partial charge in [-0.25, -0.2) is 14.4 Å². The summed E-state index contributed by atoms with van der Waals surface area (Å²) in [6.45, 7) is 3.94. The molecule has 1 aliphatic heterocycles. The number of halogens is 3. The standard InChI is InChI=1S/C25H33Cl3N2O8/c1-4-36-22(33)19(12-11-17-9-7-6-8-10-17)30(24(35)38-15-25(26,27)28)16(3)21(32)29-14-18(31)13-20(29)23(34)37-5-2/h6-10,16,18-20,31H,4-5,11-15H2,1-3H3/t16-,18?,19-,20-/m0/s1. The van der Waals surface area contributed by atoms with Crippen molar-refractivity contribution in [1.82, 2.24) is 9.80 Å². The third kappa shape index (κ3) is 9.18. The van der Waals surface area contributed by atoms with Crippen LogP contribution < -0.4 is 0 Å². The van der Waals surface area contributed by atoms with Crippen molar-refractivity contribution in [2.75, 3.05) is 26.4 Å². The third-order valence-electron chi connectivity index (χ3n) is 5.91. The quantitative estimate of drug-likeness (QED) is 0.235. The molecule has 1 heterocycles. The lowest BCUT2D eigenvalue weighted by molar-refractivity contribution is -0.157. The van der Waals surface area contributed by atoms with E-state index in [1.165, 1.54) is 6.92 Å². The number of benzene rings is 1. The average molecular weight is 596 g/mol. The number of rotatable bonds is 11. The van der Waals surface area contributed by atoms with Gasteiger partial charge in [0.05, 0.1) is 19.3 Å². The van der Waals surface area contributed by atoms with Gasteiger partial charge in [-0.2, -0.15) is 0 Å². The van der Waals surface area contributed by atoms with Gasteiger partial charge in [-0.05, 0) is 39.2 Å². The number of β-amino-alcohol motifs (C(OH)–C–C–N with tert-alkyl or cyclic N) is 1. The Labute approximate surface area is 237 Å². The molecule has 0 aromatic heterocycles. The highest BCUT2D eigenvalue weighted by Gasteiger charge is 2.46. The van der Waals surface area contributed by atoms with Crippen LogP contribution in [0, 0.1) is 0 Å². The second-order valence-corrected chi connectivity index (χ2v) is 11.2. The molecule has 0 spiro atoms. The maximum Gasteiger partial charge on any atom is 0.411 e.